The molecule has 2 rings (SSSR count). The van der Waals surface area contributed by atoms with Crippen molar-refractivity contribution in [2.75, 3.05) is 0 Å². The van der Waals surface area contributed by atoms with Crippen LogP contribution in [0.4, 0.5) is 0 Å². The highest BCUT2D eigenvalue weighted by Gasteiger charge is 2.27. The Bertz CT molecular complexity index is 203. The largest absolute Gasteiger partial charge is 0.299 e. The number of allylic oxidation sites excluding steroid dienone is 2. The van der Waals surface area contributed by atoms with Gasteiger partial charge in [-0.05, 0) is 25.7 Å². The second-order valence-electron chi connectivity index (χ2n) is 3.58. The summed E-state index contributed by atoms with van der Waals surface area (Å²) in [6.45, 7) is 0. The van der Waals surface area contributed by atoms with Gasteiger partial charge in [0, 0.05) is 12.3 Å². The van der Waals surface area contributed by atoms with Gasteiger partial charge in [-0.3, -0.25) is 4.79 Å². The van der Waals surface area contributed by atoms with E-state index < -0.39 is 0 Å². The summed E-state index contributed by atoms with van der Waals surface area (Å²) in [5.74, 6) is 0.847. The highest BCUT2D eigenvalue weighted by molar-refractivity contribution is 5.85. The SMILES string of the molecule is O=C1CCC=C2CCCCC12. The molecule has 0 amide bonds. The topological polar surface area (TPSA) is 17.1 Å². The van der Waals surface area contributed by atoms with Crippen molar-refractivity contribution in [1.82, 2.24) is 0 Å². The van der Waals surface area contributed by atoms with E-state index in [0.717, 1.165) is 19.3 Å². The normalized spacial score (nSPS) is 31.1. The zero-order chi connectivity index (χ0) is 7.68. The molecular weight excluding hydrogens is 136 g/mol. The Kier molecular flexibility index (Phi) is 1.80. The summed E-state index contributed by atoms with van der Waals surface area (Å²) in [5.41, 5.74) is 1.45. The average Bonchev–Trinajstić information content (AvgIpc) is 2.06. The third-order valence-electron chi connectivity index (χ3n) is 2.84. The molecule has 0 radical (unpaired) electrons. The van der Waals surface area contributed by atoms with E-state index in [1.54, 1.807) is 0 Å². The summed E-state index contributed by atoms with van der Waals surface area (Å²) in [7, 11) is 0. The lowest BCUT2D eigenvalue weighted by Gasteiger charge is -2.27. The smallest absolute Gasteiger partial charge is 0.140 e. The molecule has 1 unspecified atom stereocenters. The van der Waals surface area contributed by atoms with Crippen molar-refractivity contribution in [1.29, 1.82) is 0 Å². The predicted molar refractivity (Wildman–Crippen MR) is 44.3 cm³/mol. The van der Waals surface area contributed by atoms with Crippen molar-refractivity contribution < 1.29 is 4.79 Å². The Morgan fingerprint density at radius 1 is 1.27 bits per heavy atom. The molecule has 11 heavy (non-hydrogen) atoms. The first-order valence-electron chi connectivity index (χ1n) is 4.59. The molecule has 0 N–H and O–H groups in total. The summed E-state index contributed by atoms with van der Waals surface area (Å²) >= 11 is 0. The van der Waals surface area contributed by atoms with Crippen LogP contribution >= 0.6 is 0 Å². The Morgan fingerprint density at radius 2 is 2.18 bits per heavy atom. The fourth-order valence-electron chi connectivity index (χ4n) is 2.22. The van der Waals surface area contributed by atoms with E-state index in [4.69, 9.17) is 0 Å². The molecular formula is C10H14O. The van der Waals surface area contributed by atoms with Crippen molar-refractivity contribution in [2.45, 2.75) is 38.5 Å². The molecule has 0 aliphatic heterocycles. The Morgan fingerprint density at radius 3 is 3.00 bits per heavy atom. The fourth-order valence-corrected chi connectivity index (χ4v) is 2.22. The monoisotopic (exact) mass is 150 g/mol. The van der Waals surface area contributed by atoms with Gasteiger partial charge in [0.1, 0.15) is 5.78 Å². The van der Waals surface area contributed by atoms with E-state index in [2.05, 4.69) is 6.08 Å². The van der Waals surface area contributed by atoms with Crippen LogP contribution in [0.25, 0.3) is 0 Å². The summed E-state index contributed by atoms with van der Waals surface area (Å²) in [6, 6.07) is 0. The molecule has 0 aromatic carbocycles. The van der Waals surface area contributed by atoms with Gasteiger partial charge < -0.3 is 0 Å². The fraction of sp³-hybridized carbons (Fsp3) is 0.700. The number of carbonyl (C=O) groups is 1. The first-order chi connectivity index (χ1) is 5.38. The lowest BCUT2D eigenvalue weighted by molar-refractivity contribution is -0.122. The number of carbonyl (C=O) groups excluding carboxylic acids is 1. The van der Waals surface area contributed by atoms with Gasteiger partial charge in [0.05, 0.1) is 0 Å². The van der Waals surface area contributed by atoms with E-state index in [1.165, 1.54) is 24.8 Å². The van der Waals surface area contributed by atoms with Crippen LogP contribution in [-0.4, -0.2) is 5.78 Å². The minimum absolute atomic E-state index is 0.345. The van der Waals surface area contributed by atoms with E-state index in [9.17, 15) is 4.79 Å². The van der Waals surface area contributed by atoms with Gasteiger partial charge in [0.25, 0.3) is 0 Å². The van der Waals surface area contributed by atoms with Crippen molar-refractivity contribution in [2.24, 2.45) is 5.92 Å². The van der Waals surface area contributed by atoms with Gasteiger partial charge in [-0.1, -0.05) is 18.1 Å². The summed E-state index contributed by atoms with van der Waals surface area (Å²) < 4.78 is 0. The Balaban J connectivity index is 2.19. The Labute approximate surface area is 67.5 Å². The van der Waals surface area contributed by atoms with Gasteiger partial charge in [-0.15, -0.1) is 0 Å². The number of hydrogen-bond acceptors (Lipinski definition) is 1. The van der Waals surface area contributed by atoms with Crippen molar-refractivity contribution >= 4 is 5.78 Å². The number of rotatable bonds is 0. The van der Waals surface area contributed by atoms with Crippen molar-refractivity contribution in [3.05, 3.63) is 11.6 Å². The predicted octanol–water partition coefficient (Wildman–Crippen LogP) is 2.47. The molecule has 2 aliphatic rings. The highest BCUT2D eigenvalue weighted by Crippen LogP contribution is 2.34. The maximum Gasteiger partial charge on any atom is 0.140 e. The van der Waals surface area contributed by atoms with Crippen LogP contribution in [-0.2, 0) is 4.79 Å². The van der Waals surface area contributed by atoms with Gasteiger partial charge >= 0.3 is 0 Å². The molecule has 1 atom stereocenters. The second-order valence-corrected chi connectivity index (χ2v) is 3.58. The number of hydrogen-bond donors (Lipinski definition) is 0. The average molecular weight is 150 g/mol. The van der Waals surface area contributed by atoms with Gasteiger partial charge in [-0.2, -0.15) is 0 Å². The molecule has 1 nitrogen and oxygen atoms in total. The minimum atomic E-state index is 0.345. The van der Waals surface area contributed by atoms with Crippen LogP contribution in [0.2, 0.25) is 0 Å². The number of fused-ring (bicyclic) bond motifs is 1. The Hall–Kier alpha value is -0.590. The van der Waals surface area contributed by atoms with E-state index >= 15 is 0 Å². The maximum absolute atomic E-state index is 11.4. The first kappa shape index (κ1) is 7.08. The lowest BCUT2D eigenvalue weighted by Crippen LogP contribution is -2.22. The highest BCUT2D eigenvalue weighted by atomic mass is 16.1. The van der Waals surface area contributed by atoms with Gasteiger partial charge in [-0.25, -0.2) is 0 Å². The van der Waals surface area contributed by atoms with Crippen LogP contribution in [0.15, 0.2) is 11.6 Å². The van der Waals surface area contributed by atoms with E-state index in [0.29, 0.717) is 11.7 Å². The third kappa shape index (κ3) is 1.24. The molecule has 0 aromatic heterocycles. The molecule has 1 fully saturated rings. The zero-order valence-electron chi connectivity index (χ0n) is 6.81. The van der Waals surface area contributed by atoms with Crippen LogP contribution in [0.1, 0.15) is 38.5 Å². The molecule has 0 bridgehead atoms. The standard InChI is InChI=1S/C10H14O/c11-10-7-3-5-8-4-1-2-6-9(8)10/h5,9H,1-4,6-7H2. The van der Waals surface area contributed by atoms with Crippen LogP contribution in [0.5, 0.6) is 0 Å². The van der Waals surface area contributed by atoms with Crippen LogP contribution in [0.3, 0.4) is 0 Å². The third-order valence-corrected chi connectivity index (χ3v) is 2.84. The number of ketones is 1. The van der Waals surface area contributed by atoms with Crippen molar-refractivity contribution in [3.63, 3.8) is 0 Å². The quantitative estimate of drug-likeness (QED) is 0.485. The number of Topliss-reactive ketones (excluding diaryl/α,β-unsaturated/α-hetero) is 1. The summed E-state index contributed by atoms with van der Waals surface area (Å²) in [5, 5.41) is 0. The van der Waals surface area contributed by atoms with Gasteiger partial charge in [0.2, 0.25) is 0 Å². The zero-order valence-corrected chi connectivity index (χ0v) is 6.81. The minimum Gasteiger partial charge on any atom is -0.299 e. The summed E-state index contributed by atoms with van der Waals surface area (Å²) in [4.78, 5) is 11.4. The molecule has 0 spiro atoms. The first-order valence-corrected chi connectivity index (χ1v) is 4.59. The van der Waals surface area contributed by atoms with Gasteiger partial charge in [0.15, 0.2) is 0 Å². The lowest BCUT2D eigenvalue weighted by atomic mass is 9.77. The van der Waals surface area contributed by atoms with Crippen molar-refractivity contribution in [3.8, 4) is 0 Å². The molecule has 0 aromatic rings. The second kappa shape index (κ2) is 2.80. The van der Waals surface area contributed by atoms with Crippen LogP contribution in [0, 0.1) is 5.92 Å². The molecule has 1 saturated carbocycles. The molecule has 60 valence electrons. The molecule has 0 heterocycles. The van der Waals surface area contributed by atoms with E-state index in [1.807, 2.05) is 0 Å². The van der Waals surface area contributed by atoms with Crippen LogP contribution < -0.4 is 0 Å². The van der Waals surface area contributed by atoms with E-state index in [-0.39, 0.29) is 0 Å². The maximum atomic E-state index is 11.4. The molecule has 0 saturated heterocycles. The summed E-state index contributed by atoms with van der Waals surface area (Å²) in [6.07, 6.45) is 8.98. The molecule has 2 aliphatic carbocycles. The molecule has 1 heteroatoms.